The van der Waals surface area contributed by atoms with Crippen molar-refractivity contribution in [2.45, 2.75) is 53.1 Å². The van der Waals surface area contributed by atoms with Gasteiger partial charge in [0.15, 0.2) is 0 Å². The second-order valence-electron chi connectivity index (χ2n) is 8.45. The van der Waals surface area contributed by atoms with Crippen molar-refractivity contribution in [2.75, 3.05) is 26.2 Å². The lowest BCUT2D eigenvalue weighted by Gasteiger charge is -2.39. The standard InChI is InChI=1S/C21H32FN3O2/c1-5-11-24(14-16-8-6-7-9-17(16)22)19(26)13-18-20(27)23-10-12-25(18)15-21(2,3)4/h6-9,18H,5,10-15H2,1-4H3,(H,23,27)/t18-/m1/s1. The van der Waals surface area contributed by atoms with Gasteiger partial charge in [0.05, 0.1) is 12.5 Å². The van der Waals surface area contributed by atoms with E-state index in [2.05, 4.69) is 31.0 Å². The van der Waals surface area contributed by atoms with E-state index in [1.807, 2.05) is 6.92 Å². The molecule has 0 radical (unpaired) electrons. The minimum absolute atomic E-state index is 0.0369. The van der Waals surface area contributed by atoms with Gasteiger partial charge in [0.25, 0.3) is 0 Å². The maximum atomic E-state index is 14.0. The summed E-state index contributed by atoms with van der Waals surface area (Å²) in [5.74, 6) is -0.515. The fourth-order valence-electron chi connectivity index (χ4n) is 3.47. The largest absolute Gasteiger partial charge is 0.353 e. The number of benzene rings is 1. The molecule has 2 rings (SSSR count). The highest BCUT2D eigenvalue weighted by atomic mass is 19.1. The van der Waals surface area contributed by atoms with Crippen LogP contribution in [0.1, 0.15) is 46.1 Å². The molecule has 0 aliphatic carbocycles. The fraction of sp³-hybridized carbons (Fsp3) is 0.619. The molecule has 1 aromatic carbocycles. The fourth-order valence-corrected chi connectivity index (χ4v) is 3.47. The van der Waals surface area contributed by atoms with Gasteiger partial charge < -0.3 is 10.2 Å². The number of hydrogen-bond acceptors (Lipinski definition) is 3. The Morgan fingerprint density at radius 2 is 2.04 bits per heavy atom. The molecule has 2 amide bonds. The molecule has 1 N–H and O–H groups in total. The van der Waals surface area contributed by atoms with Gasteiger partial charge in [0, 0.05) is 38.3 Å². The van der Waals surface area contributed by atoms with Crippen LogP contribution in [0, 0.1) is 11.2 Å². The number of nitrogens with zero attached hydrogens (tertiary/aromatic N) is 2. The van der Waals surface area contributed by atoms with E-state index in [4.69, 9.17) is 0 Å². The Morgan fingerprint density at radius 1 is 1.33 bits per heavy atom. The van der Waals surface area contributed by atoms with Gasteiger partial charge >= 0.3 is 0 Å². The van der Waals surface area contributed by atoms with Crippen LogP contribution in [-0.2, 0) is 16.1 Å². The van der Waals surface area contributed by atoms with Gasteiger partial charge in [0.1, 0.15) is 5.82 Å². The van der Waals surface area contributed by atoms with Crippen molar-refractivity contribution in [2.24, 2.45) is 5.41 Å². The van der Waals surface area contributed by atoms with Crippen LogP contribution in [-0.4, -0.2) is 53.8 Å². The van der Waals surface area contributed by atoms with E-state index in [0.29, 0.717) is 18.7 Å². The van der Waals surface area contributed by atoms with Crippen LogP contribution in [0.5, 0.6) is 0 Å². The molecule has 0 aromatic heterocycles. The number of carbonyl (C=O) groups excluding carboxylic acids is 2. The van der Waals surface area contributed by atoms with Crippen molar-refractivity contribution in [3.05, 3.63) is 35.6 Å². The summed E-state index contributed by atoms with van der Waals surface area (Å²) in [5.41, 5.74) is 0.536. The van der Waals surface area contributed by atoms with Crippen molar-refractivity contribution >= 4 is 11.8 Å². The monoisotopic (exact) mass is 377 g/mol. The zero-order valence-electron chi connectivity index (χ0n) is 16.9. The molecule has 27 heavy (non-hydrogen) atoms. The Morgan fingerprint density at radius 3 is 2.67 bits per heavy atom. The Bertz CT molecular complexity index is 657. The molecular formula is C21H32FN3O2. The third-order valence-corrected chi connectivity index (χ3v) is 4.65. The Balaban J connectivity index is 2.11. The first kappa shape index (κ1) is 21.4. The summed E-state index contributed by atoms with van der Waals surface area (Å²) >= 11 is 0. The predicted molar refractivity (Wildman–Crippen MR) is 105 cm³/mol. The topological polar surface area (TPSA) is 52.7 Å². The smallest absolute Gasteiger partial charge is 0.237 e. The average molecular weight is 378 g/mol. The maximum Gasteiger partial charge on any atom is 0.237 e. The first-order chi connectivity index (χ1) is 12.7. The molecule has 0 bridgehead atoms. The molecule has 1 saturated heterocycles. The number of amides is 2. The average Bonchev–Trinajstić information content (AvgIpc) is 2.58. The minimum atomic E-state index is -0.467. The summed E-state index contributed by atoms with van der Waals surface area (Å²) in [6.45, 7) is 11.2. The highest BCUT2D eigenvalue weighted by Gasteiger charge is 2.34. The van der Waals surface area contributed by atoms with E-state index >= 15 is 0 Å². The zero-order chi connectivity index (χ0) is 20.0. The van der Waals surface area contributed by atoms with Crippen molar-refractivity contribution in [3.8, 4) is 0 Å². The lowest BCUT2D eigenvalue weighted by Crippen LogP contribution is -2.58. The Labute approximate surface area is 161 Å². The van der Waals surface area contributed by atoms with Crippen LogP contribution in [0.25, 0.3) is 0 Å². The third-order valence-electron chi connectivity index (χ3n) is 4.65. The molecule has 1 fully saturated rings. The van der Waals surface area contributed by atoms with Gasteiger partial charge in [-0.2, -0.15) is 0 Å². The molecule has 6 heteroatoms. The minimum Gasteiger partial charge on any atom is -0.353 e. The van der Waals surface area contributed by atoms with Gasteiger partial charge in [-0.25, -0.2) is 4.39 Å². The molecule has 0 unspecified atom stereocenters. The number of nitrogens with one attached hydrogen (secondary N) is 1. The van der Waals surface area contributed by atoms with Crippen molar-refractivity contribution in [1.29, 1.82) is 0 Å². The molecule has 0 saturated carbocycles. The van der Waals surface area contributed by atoms with E-state index in [0.717, 1.165) is 19.5 Å². The summed E-state index contributed by atoms with van der Waals surface area (Å²) in [7, 11) is 0. The van der Waals surface area contributed by atoms with E-state index in [-0.39, 0.29) is 36.0 Å². The van der Waals surface area contributed by atoms with E-state index in [9.17, 15) is 14.0 Å². The van der Waals surface area contributed by atoms with E-state index in [1.54, 1.807) is 23.1 Å². The number of piperazine rings is 1. The molecule has 150 valence electrons. The van der Waals surface area contributed by atoms with Gasteiger partial charge in [-0.15, -0.1) is 0 Å². The number of carbonyl (C=O) groups is 2. The van der Waals surface area contributed by atoms with Gasteiger partial charge in [0.2, 0.25) is 11.8 Å². The van der Waals surface area contributed by atoms with Crippen LogP contribution in [0.3, 0.4) is 0 Å². The molecule has 1 heterocycles. The van der Waals surface area contributed by atoms with Gasteiger partial charge in [-0.05, 0) is 17.9 Å². The quantitative estimate of drug-likeness (QED) is 0.795. The summed E-state index contributed by atoms with van der Waals surface area (Å²) < 4.78 is 14.0. The molecular weight excluding hydrogens is 345 g/mol. The molecule has 5 nitrogen and oxygen atoms in total. The highest BCUT2D eigenvalue weighted by Crippen LogP contribution is 2.21. The van der Waals surface area contributed by atoms with Crippen molar-refractivity contribution < 1.29 is 14.0 Å². The molecule has 1 atom stereocenters. The summed E-state index contributed by atoms with van der Waals surface area (Å²) in [6, 6.07) is 6.05. The second-order valence-corrected chi connectivity index (χ2v) is 8.45. The van der Waals surface area contributed by atoms with E-state index in [1.165, 1.54) is 6.07 Å². The first-order valence-corrected chi connectivity index (χ1v) is 9.74. The van der Waals surface area contributed by atoms with Crippen LogP contribution >= 0.6 is 0 Å². The molecule has 1 aromatic rings. The summed E-state index contributed by atoms with van der Waals surface area (Å²) in [6.07, 6.45) is 0.902. The summed E-state index contributed by atoms with van der Waals surface area (Å²) in [4.78, 5) is 29.2. The zero-order valence-corrected chi connectivity index (χ0v) is 16.9. The second kappa shape index (κ2) is 9.31. The van der Waals surface area contributed by atoms with Crippen molar-refractivity contribution in [1.82, 2.24) is 15.1 Å². The number of hydrogen-bond donors (Lipinski definition) is 1. The molecule has 0 spiro atoms. The molecule has 1 aliphatic heterocycles. The maximum absolute atomic E-state index is 14.0. The Kier molecular flexibility index (Phi) is 7.36. The summed E-state index contributed by atoms with van der Waals surface area (Å²) in [5, 5.41) is 2.87. The third kappa shape index (κ3) is 6.31. The highest BCUT2D eigenvalue weighted by molar-refractivity contribution is 5.88. The van der Waals surface area contributed by atoms with Gasteiger partial charge in [-0.1, -0.05) is 45.9 Å². The molecule has 1 aliphatic rings. The SMILES string of the molecule is CCCN(Cc1ccccc1F)C(=O)C[C@@H]1C(=O)NCCN1CC(C)(C)C. The van der Waals surface area contributed by atoms with Crippen LogP contribution in [0.2, 0.25) is 0 Å². The number of halogens is 1. The predicted octanol–water partition coefficient (Wildman–Crippen LogP) is 2.80. The van der Waals surface area contributed by atoms with Crippen LogP contribution < -0.4 is 5.32 Å². The lowest BCUT2D eigenvalue weighted by atomic mass is 9.94. The van der Waals surface area contributed by atoms with Crippen LogP contribution in [0.15, 0.2) is 24.3 Å². The van der Waals surface area contributed by atoms with Crippen molar-refractivity contribution in [3.63, 3.8) is 0 Å². The van der Waals surface area contributed by atoms with Gasteiger partial charge in [-0.3, -0.25) is 14.5 Å². The van der Waals surface area contributed by atoms with Crippen LogP contribution in [0.4, 0.5) is 4.39 Å². The Hall–Kier alpha value is -1.95. The number of rotatable bonds is 7. The van der Waals surface area contributed by atoms with E-state index < -0.39 is 6.04 Å². The lowest BCUT2D eigenvalue weighted by molar-refractivity contribution is -0.139. The normalized spacial score (nSPS) is 18.3. The first-order valence-electron chi connectivity index (χ1n) is 9.74.